The summed E-state index contributed by atoms with van der Waals surface area (Å²) in [5.74, 6) is -1.37. The van der Waals surface area contributed by atoms with Gasteiger partial charge in [-0.05, 0) is 6.07 Å². The standard InChI is InChI=1S/C15H17NO5/c1-16(12-8-20-6-11(12)15(18)19)14(17)10-7-21-13-5-3-2-4-9(10)13/h2-5,10-12H,6-8H2,1H3,(H,18,19). The molecule has 1 aromatic rings. The van der Waals surface area contributed by atoms with E-state index in [-0.39, 0.29) is 25.0 Å². The van der Waals surface area contributed by atoms with Gasteiger partial charge < -0.3 is 19.5 Å². The largest absolute Gasteiger partial charge is 0.492 e. The summed E-state index contributed by atoms with van der Waals surface area (Å²) in [5, 5.41) is 9.19. The van der Waals surface area contributed by atoms with Crippen LogP contribution >= 0.6 is 0 Å². The average Bonchev–Trinajstić information content (AvgIpc) is 3.12. The highest BCUT2D eigenvalue weighted by Crippen LogP contribution is 2.35. The van der Waals surface area contributed by atoms with Crippen LogP contribution in [-0.4, -0.2) is 54.8 Å². The third kappa shape index (κ3) is 2.35. The quantitative estimate of drug-likeness (QED) is 0.888. The SMILES string of the molecule is CN(C(=O)C1COc2ccccc21)C1COCC1C(=O)O. The second-order valence-corrected chi connectivity index (χ2v) is 5.40. The molecule has 21 heavy (non-hydrogen) atoms. The van der Waals surface area contributed by atoms with Crippen LogP contribution in [0.1, 0.15) is 11.5 Å². The molecule has 6 heteroatoms. The number of fused-ring (bicyclic) bond motifs is 1. The number of rotatable bonds is 3. The summed E-state index contributed by atoms with van der Waals surface area (Å²) in [7, 11) is 1.64. The van der Waals surface area contributed by atoms with Crippen molar-refractivity contribution in [3.63, 3.8) is 0 Å². The molecule has 3 rings (SSSR count). The third-order valence-corrected chi connectivity index (χ3v) is 4.21. The van der Waals surface area contributed by atoms with Gasteiger partial charge in [-0.2, -0.15) is 0 Å². The lowest BCUT2D eigenvalue weighted by Gasteiger charge is -2.28. The Morgan fingerprint density at radius 2 is 2.00 bits per heavy atom. The predicted molar refractivity (Wildman–Crippen MR) is 73.2 cm³/mol. The smallest absolute Gasteiger partial charge is 0.311 e. The van der Waals surface area contributed by atoms with Crippen molar-refractivity contribution in [1.82, 2.24) is 4.90 Å². The number of benzene rings is 1. The fourth-order valence-corrected chi connectivity index (χ4v) is 2.94. The van der Waals surface area contributed by atoms with Crippen molar-refractivity contribution in [3.8, 4) is 5.75 Å². The van der Waals surface area contributed by atoms with Gasteiger partial charge in [0.1, 0.15) is 24.2 Å². The average molecular weight is 291 g/mol. The van der Waals surface area contributed by atoms with Crippen molar-refractivity contribution in [1.29, 1.82) is 0 Å². The van der Waals surface area contributed by atoms with Crippen LogP contribution in [0.3, 0.4) is 0 Å². The van der Waals surface area contributed by atoms with Crippen LogP contribution in [0.2, 0.25) is 0 Å². The number of hydrogen-bond acceptors (Lipinski definition) is 4. The van der Waals surface area contributed by atoms with Crippen LogP contribution < -0.4 is 4.74 Å². The van der Waals surface area contributed by atoms with Gasteiger partial charge in [0.2, 0.25) is 5.91 Å². The second-order valence-electron chi connectivity index (χ2n) is 5.40. The van der Waals surface area contributed by atoms with E-state index >= 15 is 0 Å². The summed E-state index contributed by atoms with van der Waals surface area (Å²) in [6.07, 6.45) is 0. The maximum atomic E-state index is 12.7. The number of amides is 1. The first-order valence-corrected chi connectivity index (χ1v) is 6.88. The number of carboxylic acids is 1. The topological polar surface area (TPSA) is 76.1 Å². The van der Waals surface area contributed by atoms with Crippen LogP contribution in [0.15, 0.2) is 24.3 Å². The van der Waals surface area contributed by atoms with Crippen molar-refractivity contribution < 1.29 is 24.2 Å². The zero-order valence-electron chi connectivity index (χ0n) is 11.7. The van der Waals surface area contributed by atoms with E-state index in [0.717, 1.165) is 11.3 Å². The van der Waals surface area contributed by atoms with E-state index in [1.807, 2.05) is 24.3 Å². The van der Waals surface area contributed by atoms with E-state index in [9.17, 15) is 14.7 Å². The summed E-state index contributed by atoms with van der Waals surface area (Å²) >= 11 is 0. The Labute approximate surface area is 122 Å². The maximum absolute atomic E-state index is 12.7. The van der Waals surface area contributed by atoms with Crippen molar-refractivity contribution in [3.05, 3.63) is 29.8 Å². The summed E-state index contributed by atoms with van der Waals surface area (Å²) in [6, 6.07) is 7.01. The molecule has 1 fully saturated rings. The lowest BCUT2D eigenvalue weighted by molar-refractivity contribution is -0.144. The minimum atomic E-state index is -0.930. The first kappa shape index (κ1) is 13.9. The molecule has 1 amide bonds. The molecular formula is C15H17NO5. The highest BCUT2D eigenvalue weighted by molar-refractivity contribution is 5.86. The lowest BCUT2D eigenvalue weighted by Crippen LogP contribution is -2.46. The maximum Gasteiger partial charge on any atom is 0.311 e. The molecule has 6 nitrogen and oxygen atoms in total. The molecule has 1 saturated heterocycles. The minimum absolute atomic E-state index is 0.123. The van der Waals surface area contributed by atoms with E-state index in [0.29, 0.717) is 6.61 Å². The first-order valence-electron chi connectivity index (χ1n) is 6.88. The summed E-state index contributed by atoms with van der Waals surface area (Å²) in [6.45, 7) is 0.706. The van der Waals surface area contributed by atoms with Gasteiger partial charge in [0.05, 0.1) is 19.3 Å². The molecule has 0 spiro atoms. The van der Waals surface area contributed by atoms with Gasteiger partial charge in [-0.15, -0.1) is 0 Å². The number of likely N-dealkylation sites (N-methyl/N-ethyl adjacent to an activating group) is 1. The summed E-state index contributed by atoms with van der Waals surface area (Å²) in [4.78, 5) is 25.4. The zero-order chi connectivity index (χ0) is 15.0. The van der Waals surface area contributed by atoms with Crippen molar-refractivity contribution in [2.45, 2.75) is 12.0 Å². The van der Waals surface area contributed by atoms with E-state index in [1.54, 1.807) is 7.05 Å². The number of hydrogen-bond donors (Lipinski definition) is 1. The number of carbonyl (C=O) groups is 2. The first-order chi connectivity index (χ1) is 10.1. The van der Waals surface area contributed by atoms with E-state index < -0.39 is 17.9 Å². The number of aliphatic carboxylic acids is 1. The molecular weight excluding hydrogens is 274 g/mol. The van der Waals surface area contributed by atoms with Gasteiger partial charge in [-0.3, -0.25) is 9.59 Å². The van der Waals surface area contributed by atoms with Crippen molar-refractivity contribution >= 4 is 11.9 Å². The number of nitrogens with zero attached hydrogens (tertiary/aromatic N) is 1. The fraction of sp³-hybridized carbons (Fsp3) is 0.467. The highest BCUT2D eigenvalue weighted by atomic mass is 16.5. The van der Waals surface area contributed by atoms with Crippen LogP contribution in [0, 0.1) is 5.92 Å². The van der Waals surface area contributed by atoms with Crippen molar-refractivity contribution in [2.24, 2.45) is 5.92 Å². The molecule has 0 aliphatic carbocycles. The lowest BCUT2D eigenvalue weighted by atomic mass is 9.97. The molecule has 2 heterocycles. The number of carboxylic acid groups (broad SMARTS) is 1. The Bertz CT molecular complexity index is 573. The monoisotopic (exact) mass is 291 g/mol. The molecule has 0 saturated carbocycles. The number of carbonyl (C=O) groups excluding carboxylic acids is 1. The Morgan fingerprint density at radius 1 is 1.24 bits per heavy atom. The second kappa shape index (κ2) is 5.37. The van der Waals surface area contributed by atoms with Gasteiger partial charge >= 0.3 is 5.97 Å². The van der Waals surface area contributed by atoms with Crippen LogP contribution in [0.4, 0.5) is 0 Å². The Balaban J connectivity index is 1.78. The van der Waals surface area contributed by atoms with Crippen LogP contribution in [0.5, 0.6) is 5.75 Å². The Morgan fingerprint density at radius 3 is 2.76 bits per heavy atom. The van der Waals surface area contributed by atoms with Crippen LogP contribution in [-0.2, 0) is 14.3 Å². The molecule has 3 atom stereocenters. The van der Waals surface area contributed by atoms with Crippen LogP contribution in [0.25, 0.3) is 0 Å². The van der Waals surface area contributed by atoms with E-state index in [2.05, 4.69) is 0 Å². The van der Waals surface area contributed by atoms with E-state index in [1.165, 1.54) is 4.90 Å². The third-order valence-electron chi connectivity index (χ3n) is 4.21. The summed E-state index contributed by atoms with van der Waals surface area (Å²) < 4.78 is 10.8. The molecule has 1 aromatic carbocycles. The highest BCUT2D eigenvalue weighted by Gasteiger charge is 2.41. The fourth-order valence-electron chi connectivity index (χ4n) is 2.94. The van der Waals surface area contributed by atoms with Gasteiger partial charge in [0.15, 0.2) is 0 Å². The van der Waals surface area contributed by atoms with Crippen molar-refractivity contribution in [2.75, 3.05) is 26.9 Å². The summed E-state index contributed by atoms with van der Waals surface area (Å²) in [5.41, 5.74) is 0.861. The van der Waals surface area contributed by atoms with Gasteiger partial charge in [-0.25, -0.2) is 0 Å². The molecule has 0 aromatic heterocycles. The molecule has 0 radical (unpaired) electrons. The predicted octanol–water partition coefficient (Wildman–Crippen LogP) is 0.721. The molecule has 0 bridgehead atoms. The minimum Gasteiger partial charge on any atom is -0.492 e. The molecule has 112 valence electrons. The van der Waals surface area contributed by atoms with Gasteiger partial charge in [0, 0.05) is 12.6 Å². The number of para-hydroxylation sites is 1. The molecule has 3 unspecified atom stereocenters. The van der Waals surface area contributed by atoms with E-state index in [4.69, 9.17) is 9.47 Å². The van der Waals surface area contributed by atoms with Gasteiger partial charge in [-0.1, -0.05) is 18.2 Å². The number of ether oxygens (including phenoxy) is 2. The molecule has 2 aliphatic heterocycles. The Kier molecular flexibility index (Phi) is 3.55. The zero-order valence-corrected chi connectivity index (χ0v) is 11.7. The van der Waals surface area contributed by atoms with Gasteiger partial charge in [0.25, 0.3) is 0 Å². The normalized spacial score (nSPS) is 27.0. The molecule has 2 aliphatic rings. The Hall–Kier alpha value is -2.08. The molecule has 1 N–H and O–H groups in total.